The number of fused-ring (bicyclic) bond motifs is 1. The number of aliphatic hydroxyl groups excluding tert-OH is 1. The molecule has 1 aliphatic rings. The SMILES string of the molecule is Cc1c(C(=O)NC2(CO)CC2)sc2nc[nH]c(=O)c12. The zero-order valence-electron chi connectivity index (χ0n) is 10.3. The summed E-state index contributed by atoms with van der Waals surface area (Å²) >= 11 is 1.20. The van der Waals surface area contributed by atoms with Crippen molar-refractivity contribution < 1.29 is 9.90 Å². The molecule has 0 aliphatic heterocycles. The maximum absolute atomic E-state index is 12.2. The maximum Gasteiger partial charge on any atom is 0.262 e. The summed E-state index contributed by atoms with van der Waals surface area (Å²) in [5.74, 6) is -0.244. The second kappa shape index (κ2) is 4.14. The summed E-state index contributed by atoms with van der Waals surface area (Å²) in [5.41, 5.74) is -0.0544. The van der Waals surface area contributed by atoms with Crippen molar-refractivity contribution in [2.75, 3.05) is 6.61 Å². The topological polar surface area (TPSA) is 95.1 Å². The number of hydrogen-bond acceptors (Lipinski definition) is 5. The Morgan fingerprint density at radius 1 is 1.63 bits per heavy atom. The molecule has 0 radical (unpaired) electrons. The molecular formula is C12H13N3O3S. The van der Waals surface area contributed by atoms with Crippen LogP contribution in [0.15, 0.2) is 11.1 Å². The van der Waals surface area contributed by atoms with Gasteiger partial charge in [0.25, 0.3) is 11.5 Å². The van der Waals surface area contributed by atoms with Gasteiger partial charge in [0.1, 0.15) is 4.83 Å². The molecule has 2 heterocycles. The van der Waals surface area contributed by atoms with Gasteiger partial charge in [-0.05, 0) is 25.3 Å². The van der Waals surface area contributed by atoms with Crippen LogP contribution in [0, 0.1) is 6.92 Å². The number of aromatic nitrogens is 2. The van der Waals surface area contributed by atoms with Crippen LogP contribution in [0.25, 0.3) is 10.2 Å². The number of nitrogens with zero attached hydrogens (tertiary/aromatic N) is 1. The molecule has 19 heavy (non-hydrogen) atoms. The summed E-state index contributed by atoms with van der Waals surface area (Å²) in [4.78, 5) is 31.6. The van der Waals surface area contributed by atoms with Crippen LogP contribution < -0.4 is 10.9 Å². The normalized spacial score (nSPS) is 16.5. The van der Waals surface area contributed by atoms with Gasteiger partial charge >= 0.3 is 0 Å². The largest absolute Gasteiger partial charge is 0.394 e. The van der Waals surface area contributed by atoms with Crippen molar-refractivity contribution in [2.24, 2.45) is 0 Å². The minimum absolute atomic E-state index is 0.0541. The first kappa shape index (κ1) is 12.3. The lowest BCUT2D eigenvalue weighted by Crippen LogP contribution is -2.39. The average Bonchev–Trinajstić information content (AvgIpc) is 3.07. The van der Waals surface area contributed by atoms with Crippen molar-refractivity contribution in [1.29, 1.82) is 0 Å². The Bertz CT molecular complexity index is 715. The predicted molar refractivity (Wildman–Crippen MR) is 71.5 cm³/mol. The Labute approximate surface area is 112 Å². The lowest BCUT2D eigenvalue weighted by Gasteiger charge is -2.13. The fraction of sp³-hybridized carbons (Fsp3) is 0.417. The lowest BCUT2D eigenvalue weighted by atomic mass is 10.2. The molecule has 1 fully saturated rings. The fourth-order valence-electron chi connectivity index (χ4n) is 2.07. The number of aryl methyl sites for hydroxylation is 1. The van der Waals surface area contributed by atoms with Crippen molar-refractivity contribution in [3.8, 4) is 0 Å². The van der Waals surface area contributed by atoms with Crippen molar-refractivity contribution in [2.45, 2.75) is 25.3 Å². The maximum atomic E-state index is 12.2. The van der Waals surface area contributed by atoms with Crippen LogP contribution in [-0.4, -0.2) is 33.1 Å². The van der Waals surface area contributed by atoms with E-state index in [9.17, 15) is 14.7 Å². The first-order valence-electron chi connectivity index (χ1n) is 5.96. The zero-order chi connectivity index (χ0) is 13.6. The molecule has 100 valence electrons. The number of amides is 1. The van der Waals surface area contributed by atoms with E-state index < -0.39 is 5.54 Å². The minimum atomic E-state index is -0.459. The second-order valence-electron chi connectivity index (χ2n) is 4.86. The molecule has 0 spiro atoms. The monoisotopic (exact) mass is 279 g/mol. The second-order valence-corrected chi connectivity index (χ2v) is 5.86. The molecule has 0 saturated heterocycles. The van der Waals surface area contributed by atoms with E-state index in [-0.39, 0.29) is 18.1 Å². The van der Waals surface area contributed by atoms with Gasteiger partial charge in [-0.1, -0.05) is 0 Å². The highest BCUT2D eigenvalue weighted by molar-refractivity contribution is 7.20. The Balaban J connectivity index is 2.01. The van der Waals surface area contributed by atoms with Gasteiger partial charge in [0, 0.05) is 0 Å². The molecule has 2 aromatic rings. The highest BCUT2D eigenvalue weighted by atomic mass is 32.1. The van der Waals surface area contributed by atoms with Gasteiger partial charge in [-0.15, -0.1) is 11.3 Å². The van der Waals surface area contributed by atoms with Crippen molar-refractivity contribution in [3.05, 3.63) is 27.1 Å². The van der Waals surface area contributed by atoms with Gasteiger partial charge in [-0.25, -0.2) is 4.98 Å². The number of aromatic amines is 1. The van der Waals surface area contributed by atoms with Crippen LogP contribution in [0.2, 0.25) is 0 Å². The van der Waals surface area contributed by atoms with Gasteiger partial charge < -0.3 is 15.4 Å². The van der Waals surface area contributed by atoms with Gasteiger partial charge in [0.15, 0.2) is 0 Å². The molecule has 3 N–H and O–H groups in total. The molecular weight excluding hydrogens is 266 g/mol. The van der Waals surface area contributed by atoms with Crippen molar-refractivity contribution in [3.63, 3.8) is 0 Å². The van der Waals surface area contributed by atoms with E-state index in [1.54, 1.807) is 6.92 Å². The number of hydrogen-bond donors (Lipinski definition) is 3. The smallest absolute Gasteiger partial charge is 0.262 e. The summed E-state index contributed by atoms with van der Waals surface area (Å²) in [6.07, 6.45) is 2.91. The summed E-state index contributed by atoms with van der Waals surface area (Å²) in [6.45, 7) is 1.69. The van der Waals surface area contributed by atoms with Crippen molar-refractivity contribution >= 4 is 27.5 Å². The van der Waals surface area contributed by atoms with Crippen LogP contribution in [0.5, 0.6) is 0 Å². The number of carbonyl (C=O) groups excluding carboxylic acids is 1. The van der Waals surface area contributed by atoms with Gasteiger partial charge in [-0.3, -0.25) is 9.59 Å². The van der Waals surface area contributed by atoms with Crippen LogP contribution in [-0.2, 0) is 0 Å². The first-order chi connectivity index (χ1) is 9.06. The number of H-pyrrole nitrogens is 1. The van der Waals surface area contributed by atoms with Gasteiger partial charge in [0.2, 0.25) is 0 Å². The summed E-state index contributed by atoms with van der Waals surface area (Å²) in [6, 6.07) is 0. The third-order valence-corrected chi connectivity index (χ3v) is 4.67. The molecule has 0 bridgehead atoms. The summed E-state index contributed by atoms with van der Waals surface area (Å²) in [7, 11) is 0. The molecule has 3 rings (SSSR count). The van der Waals surface area contributed by atoms with E-state index in [0.717, 1.165) is 12.8 Å². The molecule has 2 aromatic heterocycles. The van der Waals surface area contributed by atoms with Crippen molar-refractivity contribution in [1.82, 2.24) is 15.3 Å². The Morgan fingerprint density at radius 2 is 2.37 bits per heavy atom. The first-order valence-corrected chi connectivity index (χ1v) is 6.78. The number of aliphatic hydroxyl groups is 1. The van der Waals surface area contributed by atoms with Gasteiger partial charge in [-0.2, -0.15) is 0 Å². The molecule has 1 saturated carbocycles. The summed E-state index contributed by atoms with van der Waals surface area (Å²) < 4.78 is 0. The quantitative estimate of drug-likeness (QED) is 0.764. The Morgan fingerprint density at radius 3 is 2.95 bits per heavy atom. The Hall–Kier alpha value is -1.73. The van der Waals surface area contributed by atoms with E-state index >= 15 is 0 Å². The third-order valence-electron chi connectivity index (χ3n) is 3.47. The number of carbonyl (C=O) groups is 1. The van der Waals surface area contributed by atoms with Crippen LogP contribution >= 0.6 is 11.3 Å². The summed E-state index contributed by atoms with van der Waals surface area (Å²) in [5, 5.41) is 12.5. The minimum Gasteiger partial charge on any atom is -0.394 e. The molecule has 0 aromatic carbocycles. The number of nitrogens with one attached hydrogen (secondary N) is 2. The van der Waals surface area contributed by atoms with Crippen LogP contribution in [0.4, 0.5) is 0 Å². The average molecular weight is 279 g/mol. The van der Waals surface area contributed by atoms with E-state index in [1.165, 1.54) is 17.7 Å². The van der Waals surface area contributed by atoms with E-state index in [1.807, 2.05) is 0 Å². The predicted octanol–water partition coefficient (Wildman–Crippen LogP) is 0.548. The number of thiophene rings is 1. The third kappa shape index (κ3) is 1.95. The molecule has 0 atom stereocenters. The van der Waals surface area contributed by atoms with E-state index in [2.05, 4.69) is 15.3 Å². The lowest BCUT2D eigenvalue weighted by molar-refractivity contribution is 0.0910. The fourth-order valence-corrected chi connectivity index (χ4v) is 3.11. The molecule has 1 amide bonds. The number of rotatable bonds is 3. The van der Waals surface area contributed by atoms with Crippen LogP contribution in [0.1, 0.15) is 28.1 Å². The molecule has 6 nitrogen and oxygen atoms in total. The Kier molecular flexibility index (Phi) is 2.68. The molecule has 7 heteroatoms. The molecule has 1 aliphatic carbocycles. The highest BCUT2D eigenvalue weighted by Gasteiger charge is 2.44. The zero-order valence-corrected chi connectivity index (χ0v) is 11.1. The van der Waals surface area contributed by atoms with Crippen LogP contribution in [0.3, 0.4) is 0 Å². The standard InChI is InChI=1S/C12H13N3O3S/c1-6-7-9(17)13-5-14-11(7)19-8(6)10(18)15-12(4-16)2-3-12/h5,16H,2-4H2,1H3,(H,15,18)(H,13,14,17). The highest BCUT2D eigenvalue weighted by Crippen LogP contribution is 2.36. The van der Waals surface area contributed by atoms with Gasteiger partial charge in [0.05, 0.1) is 28.7 Å². The molecule has 0 unspecified atom stereocenters. The van der Waals surface area contributed by atoms with E-state index in [0.29, 0.717) is 20.7 Å². The van der Waals surface area contributed by atoms with E-state index in [4.69, 9.17) is 0 Å².